The molecule has 0 fully saturated rings. The minimum Gasteiger partial charge on any atom is -0.392 e. The number of methoxy groups -OCH3 is 1. The van der Waals surface area contributed by atoms with Crippen molar-refractivity contribution in [1.82, 2.24) is 0 Å². The number of benzene rings is 1. The number of aliphatic hydroxyl groups is 1. The van der Waals surface area contributed by atoms with Gasteiger partial charge >= 0.3 is 0 Å². The van der Waals surface area contributed by atoms with Crippen LogP contribution in [0, 0.1) is 10.1 Å². The van der Waals surface area contributed by atoms with Gasteiger partial charge in [0.1, 0.15) is 6.29 Å². The van der Waals surface area contributed by atoms with Gasteiger partial charge in [-0.25, -0.2) is 0 Å². The van der Waals surface area contributed by atoms with Crippen molar-refractivity contribution < 1.29 is 19.6 Å². The van der Waals surface area contributed by atoms with Crippen molar-refractivity contribution in [3.63, 3.8) is 0 Å². The van der Waals surface area contributed by atoms with E-state index in [0.717, 1.165) is 6.07 Å². The molecule has 1 rings (SSSR count). The Balaban J connectivity index is 0. The summed E-state index contributed by atoms with van der Waals surface area (Å²) in [5.74, 6) is 0. The monoisotopic (exact) mass is 271 g/mol. The molecule has 0 radical (unpaired) electrons. The Kier molecular flexibility index (Phi) is 13.0. The second-order valence-corrected chi connectivity index (χ2v) is 3.58. The quantitative estimate of drug-likeness (QED) is 0.518. The Morgan fingerprint density at radius 3 is 2.11 bits per heavy atom. The molecule has 6 heteroatoms. The predicted molar refractivity (Wildman–Crippen MR) is 73.3 cm³/mol. The van der Waals surface area contributed by atoms with Crippen molar-refractivity contribution >= 4 is 12.0 Å². The van der Waals surface area contributed by atoms with Gasteiger partial charge in [0.05, 0.1) is 11.5 Å². The van der Waals surface area contributed by atoms with Crippen molar-refractivity contribution in [1.29, 1.82) is 0 Å². The molecule has 0 aliphatic rings. The van der Waals surface area contributed by atoms with Gasteiger partial charge in [0.25, 0.3) is 5.69 Å². The second-order valence-electron chi connectivity index (χ2n) is 3.58. The second kappa shape index (κ2) is 12.7. The zero-order valence-electron chi connectivity index (χ0n) is 11.8. The molecule has 108 valence electrons. The van der Waals surface area contributed by atoms with Gasteiger partial charge in [0.15, 0.2) is 0 Å². The Morgan fingerprint density at radius 2 is 1.79 bits per heavy atom. The number of non-ortho nitro benzene ring substituents is 1. The highest BCUT2D eigenvalue weighted by Crippen LogP contribution is 2.15. The number of aliphatic hydroxyl groups excluding tert-OH is 1. The van der Waals surface area contributed by atoms with E-state index >= 15 is 0 Å². The van der Waals surface area contributed by atoms with Gasteiger partial charge in [-0.15, -0.1) is 0 Å². The van der Waals surface area contributed by atoms with Crippen LogP contribution in [0.15, 0.2) is 18.2 Å². The number of nitro groups is 1. The maximum atomic E-state index is 10.3. The number of nitro benzene ring substituents is 1. The first kappa shape index (κ1) is 19.5. The van der Waals surface area contributed by atoms with Gasteiger partial charge in [-0.05, 0) is 11.6 Å². The molecule has 1 aromatic carbocycles. The molecule has 19 heavy (non-hydrogen) atoms. The first-order valence-corrected chi connectivity index (χ1v) is 5.75. The molecule has 1 N–H and O–H groups in total. The first-order chi connectivity index (χ1) is 9.00. The van der Waals surface area contributed by atoms with Crippen molar-refractivity contribution in [3.05, 3.63) is 39.4 Å². The van der Waals surface area contributed by atoms with Gasteiger partial charge in [0, 0.05) is 31.9 Å². The highest BCUT2D eigenvalue weighted by molar-refractivity contribution is 5.76. The molecule has 0 saturated carbocycles. The smallest absolute Gasteiger partial charge is 0.270 e. The van der Waals surface area contributed by atoms with E-state index in [1.54, 1.807) is 14.2 Å². The van der Waals surface area contributed by atoms with Crippen molar-refractivity contribution in [2.24, 2.45) is 0 Å². The normalized spacial score (nSPS) is 8.47. The lowest BCUT2D eigenvalue weighted by Crippen LogP contribution is -1.93. The average Bonchev–Trinajstić information content (AvgIpc) is 2.39. The Labute approximate surface area is 113 Å². The number of hydrogen-bond acceptors (Lipinski definition) is 5. The first-order valence-electron chi connectivity index (χ1n) is 5.75. The third-order valence-electron chi connectivity index (χ3n) is 1.53. The van der Waals surface area contributed by atoms with Crippen LogP contribution in [-0.4, -0.2) is 30.5 Å². The maximum absolute atomic E-state index is 10.3. The molecule has 0 aliphatic carbocycles. The minimum atomic E-state index is -0.605. The summed E-state index contributed by atoms with van der Waals surface area (Å²) < 4.78 is 4.25. The Bertz CT molecular complexity index is 377. The standard InChI is InChI=1S/C8H7NO4.C3H8.C2H6O/c10-4-6-1-7(5-11)3-8(2-6)9(12)13;2*1-3-2/h1-4,11H,5H2;3H2,1-2H3;1-2H3. The lowest BCUT2D eigenvalue weighted by Gasteiger charge is -1.97. The summed E-state index contributed by atoms with van der Waals surface area (Å²) in [5.41, 5.74) is 0.364. The largest absolute Gasteiger partial charge is 0.392 e. The fraction of sp³-hybridized carbons (Fsp3) is 0.462. The Hall–Kier alpha value is -1.79. The highest BCUT2D eigenvalue weighted by Gasteiger charge is 2.08. The van der Waals surface area contributed by atoms with E-state index in [1.165, 1.54) is 18.6 Å². The van der Waals surface area contributed by atoms with Crippen molar-refractivity contribution in [3.8, 4) is 0 Å². The van der Waals surface area contributed by atoms with Gasteiger partial charge < -0.3 is 9.84 Å². The van der Waals surface area contributed by atoms with E-state index in [4.69, 9.17) is 5.11 Å². The topological polar surface area (TPSA) is 89.7 Å². The zero-order chi connectivity index (χ0) is 15.3. The molecule has 0 unspecified atom stereocenters. The van der Waals surface area contributed by atoms with Crippen LogP contribution in [-0.2, 0) is 11.3 Å². The van der Waals surface area contributed by atoms with Crippen LogP contribution in [0.2, 0.25) is 0 Å². The number of rotatable bonds is 3. The highest BCUT2D eigenvalue weighted by atomic mass is 16.6. The molecular formula is C13H21NO5. The summed E-state index contributed by atoms with van der Waals surface area (Å²) in [6, 6.07) is 3.79. The third-order valence-corrected chi connectivity index (χ3v) is 1.53. The molecule has 0 amide bonds. The van der Waals surface area contributed by atoms with Gasteiger partial charge in [0.2, 0.25) is 0 Å². The summed E-state index contributed by atoms with van der Waals surface area (Å²) in [7, 11) is 3.25. The molecule has 1 aromatic rings. The van der Waals surface area contributed by atoms with E-state index in [2.05, 4.69) is 18.6 Å². The molecule has 0 aliphatic heterocycles. The third kappa shape index (κ3) is 9.87. The summed E-state index contributed by atoms with van der Waals surface area (Å²) in [6.07, 6.45) is 1.76. The van der Waals surface area contributed by atoms with E-state index < -0.39 is 4.92 Å². The fourth-order valence-corrected chi connectivity index (χ4v) is 0.965. The van der Waals surface area contributed by atoms with Crippen LogP contribution < -0.4 is 0 Å². The van der Waals surface area contributed by atoms with E-state index in [-0.39, 0.29) is 17.9 Å². The van der Waals surface area contributed by atoms with Crippen LogP contribution in [0.1, 0.15) is 36.2 Å². The average molecular weight is 271 g/mol. The van der Waals surface area contributed by atoms with Crippen LogP contribution in [0.4, 0.5) is 5.69 Å². The molecule has 0 aromatic heterocycles. The van der Waals surface area contributed by atoms with Crippen LogP contribution in [0.5, 0.6) is 0 Å². The van der Waals surface area contributed by atoms with Crippen molar-refractivity contribution in [2.45, 2.75) is 26.9 Å². The number of carbonyl (C=O) groups excluding carboxylic acids is 1. The summed E-state index contributed by atoms with van der Waals surface area (Å²) >= 11 is 0. The Morgan fingerprint density at radius 1 is 1.32 bits per heavy atom. The lowest BCUT2D eigenvalue weighted by molar-refractivity contribution is -0.385. The number of nitrogens with zero attached hydrogens (tertiary/aromatic N) is 1. The SMILES string of the molecule is CCC.COC.O=Cc1cc(CO)cc([N+](=O)[O-])c1. The maximum Gasteiger partial charge on any atom is 0.270 e. The van der Waals surface area contributed by atoms with Crippen LogP contribution in [0.3, 0.4) is 0 Å². The number of hydrogen-bond donors (Lipinski definition) is 1. The van der Waals surface area contributed by atoms with Gasteiger partial charge in [-0.1, -0.05) is 20.3 Å². The molecule has 6 nitrogen and oxygen atoms in total. The fourth-order valence-electron chi connectivity index (χ4n) is 0.965. The summed E-state index contributed by atoms with van der Waals surface area (Å²) in [5, 5.41) is 19.1. The zero-order valence-corrected chi connectivity index (χ0v) is 11.8. The van der Waals surface area contributed by atoms with Gasteiger partial charge in [-0.3, -0.25) is 14.9 Å². The van der Waals surface area contributed by atoms with E-state index in [0.29, 0.717) is 11.8 Å². The van der Waals surface area contributed by atoms with Gasteiger partial charge in [-0.2, -0.15) is 0 Å². The number of aldehydes is 1. The number of carbonyl (C=O) groups is 1. The number of ether oxygens (including phenoxy) is 1. The van der Waals surface area contributed by atoms with Crippen LogP contribution >= 0.6 is 0 Å². The molecular weight excluding hydrogens is 250 g/mol. The molecule has 0 spiro atoms. The summed E-state index contributed by atoms with van der Waals surface area (Å²) in [6.45, 7) is 3.93. The van der Waals surface area contributed by atoms with E-state index in [9.17, 15) is 14.9 Å². The predicted octanol–water partition coefficient (Wildman–Crippen LogP) is 2.58. The molecule has 0 saturated heterocycles. The lowest BCUT2D eigenvalue weighted by atomic mass is 10.1. The summed E-state index contributed by atoms with van der Waals surface area (Å²) in [4.78, 5) is 20.1. The van der Waals surface area contributed by atoms with Crippen molar-refractivity contribution in [2.75, 3.05) is 14.2 Å². The minimum absolute atomic E-state index is 0.186. The molecule has 0 heterocycles. The van der Waals surface area contributed by atoms with E-state index in [1.807, 2.05) is 0 Å². The van der Waals surface area contributed by atoms with Crippen LogP contribution in [0.25, 0.3) is 0 Å². The molecule has 0 bridgehead atoms. The molecule has 0 atom stereocenters.